The largest absolute Gasteiger partial charge is 0.513 e. The summed E-state index contributed by atoms with van der Waals surface area (Å²) >= 11 is 0. The highest BCUT2D eigenvalue weighted by molar-refractivity contribution is 5.79. The molecule has 1 fully saturated rings. The number of benzene rings is 2. The molecule has 0 bridgehead atoms. The second-order valence-corrected chi connectivity index (χ2v) is 9.24. The van der Waals surface area contributed by atoms with Crippen LogP contribution in [0.1, 0.15) is 38.0 Å². The minimum Gasteiger partial charge on any atom is -0.513 e. The van der Waals surface area contributed by atoms with Crippen LogP contribution in [0.5, 0.6) is 5.75 Å². The van der Waals surface area contributed by atoms with E-state index >= 15 is 0 Å². The molecule has 2 aromatic carbocycles. The number of ether oxygens (including phenoxy) is 3. The minimum atomic E-state index is -0.430. The Morgan fingerprint density at radius 3 is 2.47 bits per heavy atom. The molecule has 2 aromatic rings. The van der Waals surface area contributed by atoms with E-state index in [1.807, 2.05) is 31.2 Å². The van der Waals surface area contributed by atoms with Crippen molar-refractivity contribution in [3.63, 3.8) is 0 Å². The summed E-state index contributed by atoms with van der Waals surface area (Å²) in [7, 11) is 0. The third-order valence-corrected chi connectivity index (χ3v) is 6.64. The number of allylic oxidation sites excluding steroid dienone is 4. The van der Waals surface area contributed by atoms with E-state index in [0.29, 0.717) is 18.4 Å². The molecule has 0 saturated carbocycles. The van der Waals surface area contributed by atoms with Gasteiger partial charge in [-0.05, 0) is 73.9 Å². The summed E-state index contributed by atoms with van der Waals surface area (Å²) < 4.78 is 31.6. The average Bonchev–Trinajstić information content (AvgIpc) is 2.89. The van der Waals surface area contributed by atoms with E-state index in [9.17, 15) is 9.50 Å². The lowest BCUT2D eigenvalue weighted by molar-refractivity contribution is 0.0105. The Morgan fingerprint density at radius 1 is 1.17 bits per heavy atom. The Balaban J connectivity index is 1.59. The van der Waals surface area contributed by atoms with Gasteiger partial charge in [-0.2, -0.15) is 0 Å². The van der Waals surface area contributed by atoms with Gasteiger partial charge in [0.25, 0.3) is 0 Å². The Kier molecular flexibility index (Phi) is 8.28. The number of nitrogens with zero attached hydrogens (tertiary/aromatic N) is 1. The molecule has 0 spiro atoms. The summed E-state index contributed by atoms with van der Waals surface area (Å²) in [5.41, 5.74) is 4.40. The SMILES string of the molecule is C=C1C(C)=C(c2ccc(F)cc2)C(c2ccc(OC[C@H](C)N3CCOCC3)cc2)O/C1=C/C=C(\C)O. The van der Waals surface area contributed by atoms with E-state index < -0.39 is 6.10 Å². The van der Waals surface area contributed by atoms with Crippen molar-refractivity contribution in [3.8, 4) is 5.75 Å². The summed E-state index contributed by atoms with van der Waals surface area (Å²) in [6.45, 7) is 13.9. The molecule has 0 amide bonds. The standard InChI is InChI=1S/C30H34FNO4/c1-20(32-15-17-34-18-16-32)19-35-27-12-8-25(9-13-27)30-29(24-6-10-26(31)11-7-24)23(4)22(3)28(36-30)14-5-21(2)33/h5-14,20,30,33H,3,15-19H2,1-2,4H3/b21-5+,28-14+/t20-,30?/m0/s1. The van der Waals surface area contributed by atoms with Gasteiger partial charge in [-0.15, -0.1) is 0 Å². The zero-order valence-corrected chi connectivity index (χ0v) is 21.2. The first-order valence-electron chi connectivity index (χ1n) is 12.3. The third kappa shape index (κ3) is 6.07. The van der Waals surface area contributed by atoms with Crippen LogP contribution in [0.4, 0.5) is 4.39 Å². The Morgan fingerprint density at radius 2 is 1.83 bits per heavy atom. The normalized spacial score (nSPS) is 21.4. The van der Waals surface area contributed by atoms with Crippen LogP contribution in [0.3, 0.4) is 0 Å². The lowest BCUT2D eigenvalue weighted by Gasteiger charge is -2.33. The maximum absolute atomic E-state index is 13.7. The molecule has 190 valence electrons. The molecule has 1 saturated heterocycles. The lowest BCUT2D eigenvalue weighted by atomic mass is 9.86. The Bertz CT molecular complexity index is 1150. The number of rotatable bonds is 7. The summed E-state index contributed by atoms with van der Waals surface area (Å²) in [5, 5.41) is 9.64. The van der Waals surface area contributed by atoms with Crippen molar-refractivity contribution in [2.75, 3.05) is 32.9 Å². The van der Waals surface area contributed by atoms with Crippen LogP contribution in [0.2, 0.25) is 0 Å². The molecule has 6 heteroatoms. The van der Waals surface area contributed by atoms with Crippen molar-refractivity contribution in [2.45, 2.75) is 32.9 Å². The van der Waals surface area contributed by atoms with E-state index in [2.05, 4.69) is 18.4 Å². The molecule has 2 aliphatic rings. The summed E-state index contributed by atoms with van der Waals surface area (Å²) in [4.78, 5) is 2.37. The molecule has 2 atom stereocenters. The van der Waals surface area contributed by atoms with Crippen LogP contribution in [-0.2, 0) is 9.47 Å². The molecule has 2 heterocycles. The van der Waals surface area contributed by atoms with Gasteiger partial charge in [0.15, 0.2) is 0 Å². The van der Waals surface area contributed by atoms with Crippen molar-refractivity contribution >= 4 is 5.57 Å². The van der Waals surface area contributed by atoms with Crippen molar-refractivity contribution in [1.29, 1.82) is 0 Å². The van der Waals surface area contributed by atoms with Crippen LogP contribution in [0.15, 0.2) is 89.9 Å². The van der Waals surface area contributed by atoms with E-state index in [1.54, 1.807) is 31.2 Å². The van der Waals surface area contributed by atoms with Crippen molar-refractivity contribution in [2.24, 2.45) is 0 Å². The smallest absolute Gasteiger partial charge is 0.150 e. The molecule has 0 aromatic heterocycles. The Hall–Kier alpha value is -3.35. The van der Waals surface area contributed by atoms with Gasteiger partial charge in [-0.25, -0.2) is 4.39 Å². The number of morpholine rings is 1. The lowest BCUT2D eigenvalue weighted by Crippen LogP contribution is -2.44. The van der Waals surface area contributed by atoms with E-state index in [4.69, 9.17) is 14.2 Å². The molecule has 2 aliphatic heterocycles. The maximum atomic E-state index is 13.7. The highest BCUT2D eigenvalue weighted by atomic mass is 19.1. The highest BCUT2D eigenvalue weighted by Gasteiger charge is 2.30. The third-order valence-electron chi connectivity index (χ3n) is 6.64. The first kappa shape index (κ1) is 25.7. The zero-order chi connectivity index (χ0) is 25.7. The predicted molar refractivity (Wildman–Crippen MR) is 140 cm³/mol. The summed E-state index contributed by atoms with van der Waals surface area (Å²) in [6.07, 6.45) is 2.88. The van der Waals surface area contributed by atoms with E-state index in [-0.39, 0.29) is 11.6 Å². The zero-order valence-electron chi connectivity index (χ0n) is 21.2. The van der Waals surface area contributed by atoms with Gasteiger partial charge in [0.1, 0.15) is 30.0 Å². The first-order valence-corrected chi connectivity index (χ1v) is 12.3. The van der Waals surface area contributed by atoms with E-state index in [0.717, 1.165) is 59.9 Å². The van der Waals surface area contributed by atoms with Gasteiger partial charge in [-0.3, -0.25) is 4.90 Å². The van der Waals surface area contributed by atoms with Crippen molar-refractivity contribution < 1.29 is 23.7 Å². The molecule has 1 N–H and O–H groups in total. The van der Waals surface area contributed by atoms with Crippen LogP contribution in [0, 0.1) is 5.82 Å². The molecule has 4 rings (SSSR count). The van der Waals surface area contributed by atoms with Crippen molar-refractivity contribution in [3.05, 3.63) is 107 Å². The van der Waals surface area contributed by atoms with Gasteiger partial charge in [-0.1, -0.05) is 30.8 Å². The monoisotopic (exact) mass is 491 g/mol. The second-order valence-electron chi connectivity index (χ2n) is 9.24. The van der Waals surface area contributed by atoms with Crippen LogP contribution < -0.4 is 4.74 Å². The second kappa shape index (κ2) is 11.6. The Labute approximate surface area is 212 Å². The fraction of sp³-hybridized carbons (Fsp3) is 0.333. The van der Waals surface area contributed by atoms with Gasteiger partial charge < -0.3 is 19.3 Å². The van der Waals surface area contributed by atoms with Gasteiger partial charge >= 0.3 is 0 Å². The topological polar surface area (TPSA) is 51.2 Å². The van der Waals surface area contributed by atoms with Crippen LogP contribution in [-0.4, -0.2) is 49.0 Å². The van der Waals surface area contributed by atoms with Crippen molar-refractivity contribution in [1.82, 2.24) is 4.90 Å². The number of hydrogen-bond donors (Lipinski definition) is 1. The molecule has 0 aliphatic carbocycles. The molecule has 36 heavy (non-hydrogen) atoms. The van der Waals surface area contributed by atoms with Gasteiger partial charge in [0.05, 0.1) is 19.0 Å². The summed E-state index contributed by atoms with van der Waals surface area (Å²) in [6, 6.07) is 14.6. The fourth-order valence-corrected chi connectivity index (χ4v) is 4.45. The highest BCUT2D eigenvalue weighted by Crippen LogP contribution is 2.45. The van der Waals surface area contributed by atoms with Gasteiger partial charge in [0, 0.05) is 30.3 Å². The quantitative estimate of drug-likeness (QED) is 0.456. The number of hydrogen-bond acceptors (Lipinski definition) is 5. The number of aliphatic hydroxyl groups is 1. The van der Waals surface area contributed by atoms with Gasteiger partial charge in [0.2, 0.25) is 0 Å². The van der Waals surface area contributed by atoms with E-state index in [1.165, 1.54) is 12.1 Å². The first-order chi connectivity index (χ1) is 17.3. The molecule has 1 unspecified atom stereocenters. The molecule has 0 radical (unpaired) electrons. The number of halogens is 1. The molecule has 5 nitrogen and oxygen atoms in total. The fourth-order valence-electron chi connectivity index (χ4n) is 4.45. The average molecular weight is 492 g/mol. The predicted octanol–water partition coefficient (Wildman–Crippen LogP) is 6.37. The summed E-state index contributed by atoms with van der Waals surface area (Å²) in [5.74, 6) is 1.25. The maximum Gasteiger partial charge on any atom is 0.150 e. The van der Waals surface area contributed by atoms with Crippen LogP contribution >= 0.6 is 0 Å². The molecular weight excluding hydrogens is 457 g/mol. The minimum absolute atomic E-state index is 0.175. The molecular formula is C30H34FNO4. The number of aliphatic hydroxyl groups excluding tert-OH is 1. The van der Waals surface area contributed by atoms with Crippen LogP contribution in [0.25, 0.3) is 5.57 Å².